The minimum atomic E-state index is -1.56. The van der Waals surface area contributed by atoms with Crippen LogP contribution in [0.2, 0.25) is 0 Å². The molecule has 0 spiro atoms. The van der Waals surface area contributed by atoms with Crippen molar-refractivity contribution in [2.75, 3.05) is 13.2 Å². The quantitative estimate of drug-likeness (QED) is 0.0261. The van der Waals surface area contributed by atoms with E-state index in [4.69, 9.17) is 9.47 Å². The molecule has 1 aliphatic heterocycles. The molecule has 9 heteroatoms. The predicted octanol–water partition coefficient (Wildman–Crippen LogP) is 15.7. The van der Waals surface area contributed by atoms with Gasteiger partial charge in [0.15, 0.2) is 6.29 Å². The number of hydrogen-bond donors (Lipinski definition) is 6. The van der Waals surface area contributed by atoms with E-state index in [0.29, 0.717) is 6.42 Å². The molecule has 1 amide bonds. The Labute approximate surface area is 439 Å². The van der Waals surface area contributed by atoms with Crippen molar-refractivity contribution in [2.45, 2.75) is 352 Å². The molecule has 0 aromatic heterocycles. The molecule has 1 heterocycles. The summed E-state index contributed by atoms with van der Waals surface area (Å²) in [6.07, 6.45) is 59.9. The zero-order valence-electron chi connectivity index (χ0n) is 46.8. The Balaban J connectivity index is 2.06. The maximum atomic E-state index is 13.0. The van der Waals surface area contributed by atoms with E-state index in [-0.39, 0.29) is 12.5 Å². The van der Waals surface area contributed by atoms with Gasteiger partial charge in [0.05, 0.1) is 25.4 Å². The van der Waals surface area contributed by atoms with Crippen molar-refractivity contribution < 1.29 is 39.8 Å². The number of hydrogen-bond acceptors (Lipinski definition) is 8. The highest BCUT2D eigenvalue weighted by Crippen LogP contribution is 2.23. The van der Waals surface area contributed by atoms with Crippen molar-refractivity contribution in [2.24, 2.45) is 0 Å². The first-order valence-corrected chi connectivity index (χ1v) is 31.1. The molecule has 420 valence electrons. The summed E-state index contributed by atoms with van der Waals surface area (Å²) in [5.41, 5.74) is 0. The average Bonchev–Trinajstić information content (AvgIpc) is 3.37. The van der Waals surface area contributed by atoms with Crippen LogP contribution in [0.25, 0.3) is 0 Å². The highest BCUT2D eigenvalue weighted by molar-refractivity contribution is 5.76. The highest BCUT2D eigenvalue weighted by atomic mass is 16.7. The number of carbonyl (C=O) groups is 1. The smallest absolute Gasteiger partial charge is 0.220 e. The summed E-state index contributed by atoms with van der Waals surface area (Å²) in [6, 6.07) is -0.801. The molecule has 1 fully saturated rings. The number of aliphatic hydroxyl groups is 5. The van der Waals surface area contributed by atoms with Crippen LogP contribution in [0.1, 0.15) is 309 Å². The lowest BCUT2D eigenvalue weighted by molar-refractivity contribution is -0.302. The summed E-state index contributed by atoms with van der Waals surface area (Å²) in [5, 5.41) is 54.4. The van der Waals surface area contributed by atoms with Crippen LogP contribution in [0.5, 0.6) is 0 Å². The Bertz CT molecular complexity index is 1170. The highest BCUT2D eigenvalue weighted by Gasteiger charge is 2.44. The fourth-order valence-electron chi connectivity index (χ4n) is 10.1. The van der Waals surface area contributed by atoms with E-state index in [1.807, 2.05) is 6.08 Å². The average molecular weight is 1010 g/mol. The standard InChI is InChI=1S/C62H119NO8/c1-3-5-7-9-11-13-15-17-18-19-20-21-22-23-24-25-26-27-28-29-30-31-32-33-34-35-36-37-38-40-42-44-46-48-50-52-58(66)63-55(54-70-62-61(69)60(68)59(67)57(53-64)71-62)56(65)51-49-47-45-43-41-39-16-14-12-10-8-6-4-2/h19-20,49,51,55-57,59-62,64-65,67-69H,3-18,21-48,50,52-54H2,1-2H3,(H,63,66)/b20-19-,51-49+. The van der Waals surface area contributed by atoms with Crippen molar-refractivity contribution in [1.82, 2.24) is 5.32 Å². The van der Waals surface area contributed by atoms with E-state index in [1.165, 1.54) is 250 Å². The Kier molecular flexibility index (Phi) is 49.7. The molecule has 7 unspecified atom stereocenters. The van der Waals surface area contributed by atoms with E-state index in [2.05, 4.69) is 31.3 Å². The topological polar surface area (TPSA) is 149 Å². The predicted molar refractivity (Wildman–Crippen MR) is 300 cm³/mol. The molecule has 0 aliphatic carbocycles. The van der Waals surface area contributed by atoms with Crippen molar-refractivity contribution >= 4 is 5.91 Å². The molecule has 0 radical (unpaired) electrons. The molecular formula is C62H119NO8. The molecule has 71 heavy (non-hydrogen) atoms. The normalized spacial score (nSPS) is 19.3. The number of ether oxygens (including phenoxy) is 2. The van der Waals surface area contributed by atoms with Gasteiger partial charge in [-0.25, -0.2) is 0 Å². The molecule has 1 rings (SSSR count). The second-order valence-electron chi connectivity index (χ2n) is 21.9. The number of carbonyl (C=O) groups excluding carboxylic acids is 1. The lowest BCUT2D eigenvalue weighted by Gasteiger charge is -2.40. The molecule has 7 atom stereocenters. The molecule has 0 aromatic carbocycles. The number of aliphatic hydroxyl groups excluding tert-OH is 5. The Morgan fingerprint density at radius 1 is 0.465 bits per heavy atom. The van der Waals surface area contributed by atoms with E-state index in [0.717, 1.165) is 38.5 Å². The lowest BCUT2D eigenvalue weighted by Crippen LogP contribution is -2.60. The van der Waals surface area contributed by atoms with Crippen LogP contribution in [0.4, 0.5) is 0 Å². The van der Waals surface area contributed by atoms with Gasteiger partial charge in [-0.1, -0.05) is 282 Å². The van der Waals surface area contributed by atoms with Crippen LogP contribution in [0.3, 0.4) is 0 Å². The number of allylic oxidation sites excluding steroid dienone is 3. The van der Waals surface area contributed by atoms with Crippen LogP contribution >= 0.6 is 0 Å². The van der Waals surface area contributed by atoms with Gasteiger partial charge in [-0.2, -0.15) is 0 Å². The Morgan fingerprint density at radius 2 is 0.789 bits per heavy atom. The first kappa shape index (κ1) is 67.7. The molecule has 0 bridgehead atoms. The van der Waals surface area contributed by atoms with Crippen LogP contribution in [0.15, 0.2) is 24.3 Å². The van der Waals surface area contributed by atoms with Crippen LogP contribution in [0, 0.1) is 0 Å². The van der Waals surface area contributed by atoms with Crippen molar-refractivity contribution in [3.8, 4) is 0 Å². The van der Waals surface area contributed by atoms with Crippen LogP contribution in [-0.4, -0.2) is 87.5 Å². The van der Waals surface area contributed by atoms with Gasteiger partial charge in [0, 0.05) is 6.42 Å². The summed E-state index contributed by atoms with van der Waals surface area (Å²) < 4.78 is 11.3. The first-order chi connectivity index (χ1) is 34.8. The molecule has 9 nitrogen and oxygen atoms in total. The van der Waals surface area contributed by atoms with Gasteiger partial charge < -0.3 is 40.3 Å². The minimum Gasteiger partial charge on any atom is -0.394 e. The number of amides is 1. The third-order valence-electron chi connectivity index (χ3n) is 15.0. The number of rotatable bonds is 54. The zero-order valence-corrected chi connectivity index (χ0v) is 46.8. The third-order valence-corrected chi connectivity index (χ3v) is 15.0. The lowest BCUT2D eigenvalue weighted by atomic mass is 9.99. The number of unbranched alkanes of at least 4 members (excludes halogenated alkanes) is 42. The van der Waals surface area contributed by atoms with Gasteiger partial charge in [0.2, 0.25) is 5.91 Å². The van der Waals surface area contributed by atoms with E-state index in [1.54, 1.807) is 6.08 Å². The third kappa shape index (κ3) is 41.6. The van der Waals surface area contributed by atoms with Crippen molar-refractivity contribution in [1.29, 1.82) is 0 Å². The Morgan fingerprint density at radius 3 is 1.14 bits per heavy atom. The second kappa shape index (κ2) is 52.1. The summed E-state index contributed by atoms with van der Waals surface area (Å²) in [5.74, 6) is -0.171. The zero-order chi connectivity index (χ0) is 51.5. The number of nitrogens with one attached hydrogen (secondary N) is 1. The fourth-order valence-corrected chi connectivity index (χ4v) is 10.1. The van der Waals surface area contributed by atoms with Crippen LogP contribution < -0.4 is 5.32 Å². The summed E-state index contributed by atoms with van der Waals surface area (Å²) in [7, 11) is 0. The van der Waals surface area contributed by atoms with Gasteiger partial charge in [-0.15, -0.1) is 0 Å². The van der Waals surface area contributed by atoms with Gasteiger partial charge in [-0.3, -0.25) is 4.79 Å². The summed E-state index contributed by atoms with van der Waals surface area (Å²) >= 11 is 0. The molecule has 0 saturated carbocycles. The molecule has 0 aromatic rings. The minimum absolute atomic E-state index is 0.171. The van der Waals surface area contributed by atoms with Gasteiger partial charge in [-0.05, 0) is 44.9 Å². The SMILES string of the molecule is CCCCCCCCCC/C=C\CCCCCCCCCCCCCCCCCCCCCCCCCC(=O)NC(COC1OC(CO)C(O)C(O)C1O)C(O)/C=C/CCCCCCCCCCCCC. The fraction of sp³-hybridized carbons (Fsp3) is 0.919. The van der Waals surface area contributed by atoms with Gasteiger partial charge >= 0.3 is 0 Å². The second-order valence-corrected chi connectivity index (χ2v) is 21.9. The van der Waals surface area contributed by atoms with Crippen molar-refractivity contribution in [3.63, 3.8) is 0 Å². The van der Waals surface area contributed by atoms with Crippen molar-refractivity contribution in [3.05, 3.63) is 24.3 Å². The summed E-state index contributed by atoms with van der Waals surface area (Å²) in [6.45, 7) is 3.80. The van der Waals surface area contributed by atoms with E-state index >= 15 is 0 Å². The van der Waals surface area contributed by atoms with Gasteiger partial charge in [0.25, 0.3) is 0 Å². The maximum Gasteiger partial charge on any atom is 0.220 e. The van der Waals surface area contributed by atoms with Crippen LogP contribution in [-0.2, 0) is 14.3 Å². The summed E-state index contributed by atoms with van der Waals surface area (Å²) in [4.78, 5) is 13.0. The van der Waals surface area contributed by atoms with E-state index in [9.17, 15) is 30.3 Å². The first-order valence-electron chi connectivity index (χ1n) is 31.1. The molecule has 6 N–H and O–H groups in total. The monoisotopic (exact) mass is 1010 g/mol. The Hall–Kier alpha value is -1.33. The van der Waals surface area contributed by atoms with E-state index < -0.39 is 49.5 Å². The van der Waals surface area contributed by atoms with Gasteiger partial charge in [0.1, 0.15) is 24.4 Å². The molecule has 1 aliphatic rings. The molecular weight excluding hydrogens is 887 g/mol. The molecule has 1 saturated heterocycles. The maximum absolute atomic E-state index is 13.0. The largest absolute Gasteiger partial charge is 0.394 e.